The van der Waals surface area contributed by atoms with Gasteiger partial charge in [-0.1, -0.05) is 0 Å². The molecule has 1 amide bonds. The summed E-state index contributed by atoms with van der Waals surface area (Å²) in [6.45, 7) is 0.299. The Morgan fingerprint density at radius 2 is 1.82 bits per heavy atom. The standard InChI is InChI=1S/C8H13F3N2O3.Na/c9-8(10,11)7(16)13-5(6(14)15)3-1-2-4-12;/h5H,1-4,12H2,(H,13,16)(H,14,15);/q;+1/p-1/t5-;/m0./s1. The van der Waals surface area contributed by atoms with Crippen LogP contribution in [0.25, 0.3) is 0 Å². The van der Waals surface area contributed by atoms with E-state index in [4.69, 9.17) is 5.73 Å². The summed E-state index contributed by atoms with van der Waals surface area (Å²) in [5.74, 6) is -4.02. The second kappa shape index (κ2) is 8.73. The Bertz CT molecular complexity index is 261. The number of halogens is 3. The smallest absolute Gasteiger partial charge is 0.548 e. The number of carboxylic acid groups (broad SMARTS) is 1. The molecule has 0 aromatic rings. The average molecular weight is 264 g/mol. The first-order valence-electron chi connectivity index (χ1n) is 4.57. The van der Waals surface area contributed by atoms with E-state index in [0.717, 1.165) is 0 Å². The van der Waals surface area contributed by atoms with Crippen molar-refractivity contribution in [3.05, 3.63) is 0 Å². The van der Waals surface area contributed by atoms with Gasteiger partial charge in [-0.2, -0.15) is 13.2 Å². The van der Waals surface area contributed by atoms with Crippen LogP contribution in [-0.2, 0) is 9.59 Å². The van der Waals surface area contributed by atoms with Gasteiger partial charge in [-0.3, -0.25) is 4.79 Å². The molecule has 3 N–H and O–H groups in total. The van der Waals surface area contributed by atoms with Gasteiger partial charge in [-0.05, 0) is 25.8 Å². The fourth-order valence-electron chi connectivity index (χ4n) is 0.982. The number of amides is 1. The van der Waals surface area contributed by atoms with Gasteiger partial charge in [0.15, 0.2) is 0 Å². The monoisotopic (exact) mass is 264 g/mol. The van der Waals surface area contributed by atoms with Crippen molar-refractivity contribution in [3.63, 3.8) is 0 Å². The first kappa shape index (κ1) is 19.0. The van der Waals surface area contributed by atoms with Gasteiger partial charge >= 0.3 is 41.6 Å². The van der Waals surface area contributed by atoms with E-state index < -0.39 is 24.1 Å². The van der Waals surface area contributed by atoms with Gasteiger partial charge in [0.1, 0.15) is 0 Å². The van der Waals surface area contributed by atoms with E-state index in [2.05, 4.69) is 0 Å². The van der Waals surface area contributed by atoms with E-state index in [-0.39, 0.29) is 36.0 Å². The molecular weight excluding hydrogens is 252 g/mol. The maximum absolute atomic E-state index is 11.8. The van der Waals surface area contributed by atoms with Gasteiger partial charge in [-0.15, -0.1) is 0 Å². The van der Waals surface area contributed by atoms with Crippen LogP contribution >= 0.6 is 0 Å². The summed E-state index contributed by atoms with van der Waals surface area (Å²) in [7, 11) is 0. The first-order valence-corrected chi connectivity index (χ1v) is 4.57. The van der Waals surface area contributed by atoms with Crippen molar-refractivity contribution in [1.82, 2.24) is 5.32 Å². The molecule has 0 aliphatic carbocycles. The Balaban J connectivity index is 0. The molecule has 0 heterocycles. The second-order valence-electron chi connectivity index (χ2n) is 3.13. The summed E-state index contributed by atoms with van der Waals surface area (Å²) in [5.41, 5.74) is 5.13. The van der Waals surface area contributed by atoms with Crippen molar-refractivity contribution in [2.24, 2.45) is 5.73 Å². The number of carbonyl (C=O) groups excluding carboxylic acids is 2. The van der Waals surface area contributed by atoms with E-state index in [1.165, 1.54) is 5.32 Å². The molecule has 0 aliphatic rings. The van der Waals surface area contributed by atoms with Gasteiger partial charge in [0, 0.05) is 0 Å². The number of hydrogen-bond donors (Lipinski definition) is 2. The summed E-state index contributed by atoms with van der Waals surface area (Å²) >= 11 is 0. The topological polar surface area (TPSA) is 95.2 Å². The molecule has 17 heavy (non-hydrogen) atoms. The Hall–Kier alpha value is -0.310. The first-order chi connectivity index (χ1) is 7.29. The molecule has 0 rings (SSSR count). The molecule has 5 nitrogen and oxygen atoms in total. The van der Waals surface area contributed by atoms with Crippen molar-refractivity contribution in [1.29, 1.82) is 0 Å². The number of alkyl halides is 3. The molecular formula is C8H12F3N2NaO3. The van der Waals surface area contributed by atoms with Gasteiger partial charge < -0.3 is 21.0 Å². The quantitative estimate of drug-likeness (QED) is 0.377. The second-order valence-corrected chi connectivity index (χ2v) is 3.13. The number of unbranched alkanes of at least 4 members (excludes halogenated alkanes) is 1. The van der Waals surface area contributed by atoms with Crippen molar-refractivity contribution < 1.29 is 57.4 Å². The fraction of sp³-hybridized carbons (Fsp3) is 0.750. The fourth-order valence-corrected chi connectivity index (χ4v) is 0.982. The Kier molecular flexibility index (Phi) is 9.78. The summed E-state index contributed by atoms with van der Waals surface area (Å²) in [6, 6.07) is -1.64. The molecule has 9 heteroatoms. The van der Waals surface area contributed by atoms with E-state index in [9.17, 15) is 27.9 Å². The molecule has 0 aliphatic heterocycles. The van der Waals surface area contributed by atoms with Crippen LogP contribution in [0.5, 0.6) is 0 Å². The normalized spacial score (nSPS) is 12.5. The van der Waals surface area contributed by atoms with Crippen LogP contribution in [0.3, 0.4) is 0 Å². The van der Waals surface area contributed by atoms with Gasteiger partial charge in [0.05, 0.1) is 12.0 Å². The summed E-state index contributed by atoms with van der Waals surface area (Å²) in [6.07, 6.45) is -4.47. The van der Waals surface area contributed by atoms with Crippen LogP contribution in [0, 0.1) is 0 Å². The minimum absolute atomic E-state index is 0. The molecule has 0 saturated heterocycles. The van der Waals surface area contributed by atoms with Gasteiger partial charge in [-0.25, -0.2) is 0 Å². The van der Waals surface area contributed by atoms with E-state index >= 15 is 0 Å². The SMILES string of the molecule is NCCCC[C@H](NC(=O)C(F)(F)F)C(=O)[O-].[Na+]. The molecule has 94 valence electrons. The molecule has 0 bridgehead atoms. The van der Waals surface area contributed by atoms with Crippen molar-refractivity contribution in [2.75, 3.05) is 6.54 Å². The number of aliphatic carboxylic acids is 1. The summed E-state index contributed by atoms with van der Waals surface area (Å²) in [5, 5.41) is 11.8. The van der Waals surface area contributed by atoms with Crippen molar-refractivity contribution in [2.45, 2.75) is 31.5 Å². The molecule has 0 aromatic heterocycles. The molecule has 1 atom stereocenters. The number of hydrogen-bond acceptors (Lipinski definition) is 4. The van der Waals surface area contributed by atoms with Crippen LogP contribution in [0.4, 0.5) is 13.2 Å². The van der Waals surface area contributed by atoms with Crippen LogP contribution in [-0.4, -0.2) is 30.6 Å². The predicted octanol–water partition coefficient (Wildman–Crippen LogP) is -4.08. The molecule has 0 saturated carbocycles. The molecule has 0 spiro atoms. The minimum atomic E-state index is -5.10. The number of nitrogens with two attached hydrogens (primary N) is 1. The third-order valence-corrected chi connectivity index (χ3v) is 1.79. The third-order valence-electron chi connectivity index (χ3n) is 1.79. The number of carboxylic acids is 1. The zero-order valence-corrected chi connectivity index (χ0v) is 11.3. The number of rotatable bonds is 6. The largest absolute Gasteiger partial charge is 1.00 e. The van der Waals surface area contributed by atoms with E-state index in [1.54, 1.807) is 0 Å². The van der Waals surface area contributed by atoms with Crippen LogP contribution in [0.2, 0.25) is 0 Å². The predicted molar refractivity (Wildman–Crippen MR) is 45.9 cm³/mol. The number of nitrogens with one attached hydrogen (secondary N) is 1. The van der Waals surface area contributed by atoms with E-state index in [1.807, 2.05) is 0 Å². The van der Waals surface area contributed by atoms with E-state index in [0.29, 0.717) is 19.4 Å². The maximum Gasteiger partial charge on any atom is 1.00 e. The summed E-state index contributed by atoms with van der Waals surface area (Å²) in [4.78, 5) is 20.9. The zero-order chi connectivity index (χ0) is 12.8. The van der Waals surface area contributed by atoms with Crippen molar-refractivity contribution >= 4 is 11.9 Å². The Morgan fingerprint density at radius 1 is 1.29 bits per heavy atom. The summed E-state index contributed by atoms with van der Waals surface area (Å²) < 4.78 is 35.4. The van der Waals surface area contributed by atoms with Crippen molar-refractivity contribution in [3.8, 4) is 0 Å². The van der Waals surface area contributed by atoms with Crippen LogP contribution in [0.1, 0.15) is 19.3 Å². The molecule has 0 unspecified atom stereocenters. The molecule has 0 fully saturated rings. The third kappa shape index (κ3) is 8.42. The van der Waals surface area contributed by atoms with Crippen LogP contribution < -0.4 is 45.7 Å². The molecule has 0 radical (unpaired) electrons. The Morgan fingerprint density at radius 3 is 2.18 bits per heavy atom. The van der Waals surface area contributed by atoms with Crippen LogP contribution in [0.15, 0.2) is 0 Å². The number of carbonyl (C=O) groups is 2. The zero-order valence-electron chi connectivity index (χ0n) is 9.34. The minimum Gasteiger partial charge on any atom is -0.548 e. The van der Waals surface area contributed by atoms with Gasteiger partial charge in [0.25, 0.3) is 0 Å². The maximum atomic E-state index is 11.8. The average Bonchev–Trinajstić information content (AvgIpc) is 2.14. The van der Waals surface area contributed by atoms with Gasteiger partial charge in [0.2, 0.25) is 0 Å². The Labute approximate surface area is 118 Å². The molecule has 0 aromatic carbocycles.